The highest BCUT2D eigenvalue weighted by Crippen LogP contribution is 2.39. The van der Waals surface area contributed by atoms with E-state index in [0.717, 1.165) is 66.2 Å². The van der Waals surface area contributed by atoms with E-state index in [1.54, 1.807) is 7.11 Å². The number of unbranched alkanes of at least 4 members (excludes halogenated alkanes) is 1. The Balaban J connectivity index is 1.48. The molecule has 3 aromatic rings. The number of carbonyl (C=O) groups is 2. The van der Waals surface area contributed by atoms with Crippen LogP contribution in [0.3, 0.4) is 0 Å². The molecule has 0 fully saturated rings. The van der Waals surface area contributed by atoms with Crippen molar-refractivity contribution in [1.82, 2.24) is 14.8 Å². The van der Waals surface area contributed by atoms with E-state index in [0.29, 0.717) is 15.7 Å². The first kappa shape index (κ1) is 23.3. The molecule has 2 amide bonds. The predicted octanol–water partition coefficient (Wildman–Crippen LogP) is 4.13. The van der Waals surface area contributed by atoms with E-state index in [4.69, 9.17) is 10.5 Å². The summed E-state index contributed by atoms with van der Waals surface area (Å²) in [5, 5.41) is 12.9. The van der Waals surface area contributed by atoms with Crippen LogP contribution in [0, 0.1) is 0 Å². The molecule has 1 aromatic carbocycles. The molecule has 33 heavy (non-hydrogen) atoms. The molecule has 0 spiro atoms. The maximum Gasteiger partial charge on any atom is 0.251 e. The molecule has 2 aromatic heterocycles. The van der Waals surface area contributed by atoms with Crippen molar-refractivity contribution in [1.29, 1.82) is 0 Å². The van der Waals surface area contributed by atoms with Gasteiger partial charge in [-0.15, -0.1) is 21.5 Å². The summed E-state index contributed by atoms with van der Waals surface area (Å²) in [6.45, 7) is 2.89. The van der Waals surface area contributed by atoms with Gasteiger partial charge in [0.25, 0.3) is 5.91 Å². The molecule has 10 heteroatoms. The number of methoxy groups -OCH3 is 1. The largest absolute Gasteiger partial charge is 0.497 e. The first-order valence-electron chi connectivity index (χ1n) is 11.0. The lowest BCUT2D eigenvalue weighted by molar-refractivity contribution is -0.113. The van der Waals surface area contributed by atoms with Gasteiger partial charge in [-0.2, -0.15) is 0 Å². The third kappa shape index (κ3) is 5.06. The summed E-state index contributed by atoms with van der Waals surface area (Å²) < 4.78 is 7.30. The molecule has 4 rings (SSSR count). The molecule has 174 valence electrons. The van der Waals surface area contributed by atoms with E-state index in [2.05, 4.69) is 27.0 Å². The highest BCUT2D eigenvalue weighted by molar-refractivity contribution is 7.99. The van der Waals surface area contributed by atoms with Crippen LogP contribution in [0.4, 0.5) is 5.00 Å². The number of thioether (sulfide) groups is 1. The normalized spacial score (nSPS) is 12.5. The van der Waals surface area contributed by atoms with Crippen molar-refractivity contribution in [3.8, 4) is 17.1 Å². The number of primary amides is 1. The van der Waals surface area contributed by atoms with Gasteiger partial charge in [-0.1, -0.05) is 25.1 Å². The van der Waals surface area contributed by atoms with Crippen LogP contribution in [0.1, 0.15) is 47.0 Å². The molecule has 0 saturated heterocycles. The lowest BCUT2D eigenvalue weighted by Crippen LogP contribution is -2.19. The number of hydrogen-bond donors (Lipinski definition) is 2. The molecule has 0 bridgehead atoms. The second-order valence-electron chi connectivity index (χ2n) is 7.80. The molecule has 1 aliphatic carbocycles. The number of benzene rings is 1. The number of nitrogens with two attached hydrogens (primary N) is 1. The number of anilines is 1. The van der Waals surface area contributed by atoms with Gasteiger partial charge in [0.05, 0.1) is 18.4 Å². The monoisotopic (exact) mass is 485 g/mol. The zero-order valence-electron chi connectivity index (χ0n) is 18.7. The van der Waals surface area contributed by atoms with Gasteiger partial charge in [-0.3, -0.25) is 9.59 Å². The average Bonchev–Trinajstić information content (AvgIpc) is 3.50. The van der Waals surface area contributed by atoms with Crippen LogP contribution in [0.2, 0.25) is 0 Å². The van der Waals surface area contributed by atoms with Crippen molar-refractivity contribution in [2.24, 2.45) is 5.73 Å². The Hall–Kier alpha value is -2.85. The number of amides is 2. The molecular formula is C23H27N5O3S2. The van der Waals surface area contributed by atoms with Crippen molar-refractivity contribution in [2.45, 2.75) is 50.7 Å². The number of aryl methyl sites for hydroxylation is 1. The van der Waals surface area contributed by atoms with Gasteiger partial charge in [0.2, 0.25) is 5.91 Å². The number of carbonyl (C=O) groups excluding carboxylic acids is 2. The summed E-state index contributed by atoms with van der Waals surface area (Å²) in [4.78, 5) is 25.8. The van der Waals surface area contributed by atoms with Crippen molar-refractivity contribution in [3.05, 3.63) is 40.3 Å². The number of rotatable bonds is 10. The van der Waals surface area contributed by atoms with Crippen LogP contribution in [-0.4, -0.2) is 39.4 Å². The lowest BCUT2D eigenvalue weighted by Gasteiger charge is -2.10. The van der Waals surface area contributed by atoms with Crippen LogP contribution >= 0.6 is 23.1 Å². The van der Waals surface area contributed by atoms with Crippen molar-refractivity contribution < 1.29 is 14.3 Å². The van der Waals surface area contributed by atoms with Crippen LogP contribution < -0.4 is 15.8 Å². The number of aromatic nitrogens is 3. The van der Waals surface area contributed by atoms with Gasteiger partial charge >= 0.3 is 0 Å². The molecule has 3 N–H and O–H groups in total. The zero-order valence-corrected chi connectivity index (χ0v) is 20.4. The summed E-state index contributed by atoms with van der Waals surface area (Å²) in [6.07, 6.45) is 4.80. The van der Waals surface area contributed by atoms with Gasteiger partial charge in [-0.25, -0.2) is 0 Å². The fraction of sp³-hybridized carbons (Fsp3) is 0.391. The quantitative estimate of drug-likeness (QED) is 0.418. The summed E-state index contributed by atoms with van der Waals surface area (Å²) >= 11 is 2.79. The van der Waals surface area contributed by atoms with Gasteiger partial charge in [0, 0.05) is 17.0 Å². The Kier molecular flexibility index (Phi) is 7.34. The molecule has 0 saturated carbocycles. The first-order valence-corrected chi connectivity index (χ1v) is 12.8. The Labute approximate surface area is 200 Å². The van der Waals surface area contributed by atoms with E-state index >= 15 is 0 Å². The van der Waals surface area contributed by atoms with Crippen LogP contribution in [0.5, 0.6) is 5.75 Å². The van der Waals surface area contributed by atoms with Crippen LogP contribution in [-0.2, 0) is 24.2 Å². The second kappa shape index (κ2) is 10.4. The van der Waals surface area contributed by atoms with Gasteiger partial charge in [-0.05, 0) is 55.5 Å². The first-order chi connectivity index (χ1) is 16.0. The molecule has 8 nitrogen and oxygen atoms in total. The van der Waals surface area contributed by atoms with Crippen molar-refractivity contribution in [2.75, 3.05) is 18.2 Å². The summed E-state index contributed by atoms with van der Waals surface area (Å²) in [5.74, 6) is 1.02. The third-order valence-corrected chi connectivity index (χ3v) is 7.73. The Morgan fingerprint density at radius 1 is 1.24 bits per heavy atom. The standard InChI is InChI=1S/C23H27N5O3S2/c1-3-4-12-28-21(14-8-10-15(31-2)11-9-14)26-27-23(28)32-13-18(29)25-22-19(20(24)30)16-6-5-7-17(16)33-22/h8-11H,3-7,12-13H2,1-2H3,(H2,24,30)(H,25,29). The molecule has 0 radical (unpaired) electrons. The maximum absolute atomic E-state index is 12.7. The van der Waals surface area contributed by atoms with Crippen molar-refractivity contribution >= 4 is 39.9 Å². The minimum absolute atomic E-state index is 0.160. The smallest absolute Gasteiger partial charge is 0.251 e. The molecule has 0 aliphatic heterocycles. The average molecular weight is 486 g/mol. The minimum atomic E-state index is -0.485. The van der Waals surface area contributed by atoms with E-state index in [-0.39, 0.29) is 11.7 Å². The number of nitrogens with zero attached hydrogens (tertiary/aromatic N) is 3. The number of fused-ring (bicyclic) bond motifs is 1. The van der Waals surface area contributed by atoms with Crippen LogP contribution in [0.25, 0.3) is 11.4 Å². The lowest BCUT2D eigenvalue weighted by atomic mass is 10.1. The third-order valence-electron chi connectivity index (χ3n) is 5.55. The minimum Gasteiger partial charge on any atom is -0.497 e. The van der Waals surface area contributed by atoms with Gasteiger partial charge < -0.3 is 20.4 Å². The zero-order chi connectivity index (χ0) is 23.4. The topological polar surface area (TPSA) is 112 Å². The van der Waals surface area contributed by atoms with Crippen molar-refractivity contribution in [3.63, 3.8) is 0 Å². The van der Waals surface area contributed by atoms with E-state index < -0.39 is 5.91 Å². The van der Waals surface area contributed by atoms with Crippen LogP contribution in [0.15, 0.2) is 29.4 Å². The second-order valence-corrected chi connectivity index (χ2v) is 9.85. The molecule has 0 atom stereocenters. The fourth-order valence-electron chi connectivity index (χ4n) is 3.91. The maximum atomic E-state index is 12.7. The number of ether oxygens (including phenoxy) is 1. The Morgan fingerprint density at radius 3 is 2.73 bits per heavy atom. The summed E-state index contributed by atoms with van der Waals surface area (Å²) in [6, 6.07) is 7.69. The van der Waals surface area contributed by atoms with E-state index in [1.807, 2.05) is 24.3 Å². The summed E-state index contributed by atoms with van der Waals surface area (Å²) in [5.41, 5.74) is 8.01. The highest BCUT2D eigenvalue weighted by atomic mass is 32.2. The number of thiophene rings is 1. The summed E-state index contributed by atoms with van der Waals surface area (Å²) in [7, 11) is 1.63. The fourth-order valence-corrected chi connectivity index (χ4v) is 5.99. The predicted molar refractivity (Wildman–Crippen MR) is 131 cm³/mol. The van der Waals surface area contributed by atoms with E-state index in [9.17, 15) is 9.59 Å². The highest BCUT2D eigenvalue weighted by Gasteiger charge is 2.26. The molecule has 1 aliphatic rings. The van der Waals surface area contributed by atoms with Gasteiger partial charge in [0.1, 0.15) is 10.8 Å². The van der Waals surface area contributed by atoms with Gasteiger partial charge in [0.15, 0.2) is 11.0 Å². The van der Waals surface area contributed by atoms with E-state index in [1.165, 1.54) is 23.1 Å². The molecule has 0 unspecified atom stereocenters. The Morgan fingerprint density at radius 2 is 2.03 bits per heavy atom. The molecule has 2 heterocycles. The Bertz CT molecular complexity index is 1150. The number of nitrogens with one attached hydrogen (secondary N) is 1. The number of hydrogen-bond acceptors (Lipinski definition) is 7. The SMILES string of the molecule is CCCCn1c(SCC(=O)Nc2sc3c(c2C(N)=O)CCC3)nnc1-c1ccc(OC)cc1. The molecular weight excluding hydrogens is 458 g/mol.